The van der Waals surface area contributed by atoms with E-state index >= 15 is 0 Å². The maximum atomic E-state index is 12.9. The van der Waals surface area contributed by atoms with Crippen molar-refractivity contribution in [2.24, 2.45) is 0 Å². The van der Waals surface area contributed by atoms with Crippen LogP contribution in [-0.4, -0.2) is 13.0 Å². The first-order valence-corrected chi connectivity index (χ1v) is 16.6. The molecule has 12 heteroatoms. The predicted molar refractivity (Wildman–Crippen MR) is 157 cm³/mol. The van der Waals surface area contributed by atoms with Crippen LogP contribution in [0.2, 0.25) is 0 Å². The van der Waals surface area contributed by atoms with Crippen LogP contribution < -0.4 is 32.1 Å². The average molecular weight is 742 g/mol. The number of benzene rings is 5. The highest BCUT2D eigenvalue weighted by molar-refractivity contribution is 7.85. The molecule has 226 valence electrons. The fourth-order valence-corrected chi connectivity index (χ4v) is 7.45. The summed E-state index contributed by atoms with van der Waals surface area (Å²) in [4.78, 5) is 25.2. The summed E-state index contributed by atoms with van der Waals surface area (Å²) in [6, 6.07) is 28.5. The highest BCUT2D eigenvalue weighted by Crippen LogP contribution is 2.29. The van der Waals surface area contributed by atoms with Crippen LogP contribution in [0.4, 0.5) is 13.2 Å². The van der Waals surface area contributed by atoms with Crippen LogP contribution in [0.3, 0.4) is 0 Å². The second kappa shape index (κ2) is 11.8. The Morgan fingerprint density at radius 2 is 1.00 bits per heavy atom. The molecular weight excluding hydrogens is 724 g/mol. The number of rotatable bonds is 3. The van der Waals surface area contributed by atoms with Crippen LogP contribution in [0.25, 0.3) is 43.9 Å². The summed E-state index contributed by atoms with van der Waals surface area (Å²) in [5, 5.41) is 2.34. The van der Waals surface area contributed by atoms with E-state index in [9.17, 15) is 35.7 Å². The second-order valence-electron chi connectivity index (χ2n) is 9.71. The monoisotopic (exact) mass is 742 g/mol. The molecule has 0 aliphatic carbocycles. The molecule has 0 spiro atoms. The number of alkyl halides is 3. The van der Waals surface area contributed by atoms with Gasteiger partial charge in [-0.25, -0.2) is 8.42 Å². The third kappa shape index (κ3) is 6.34. The van der Waals surface area contributed by atoms with Gasteiger partial charge in [-0.2, -0.15) is 13.2 Å². The molecule has 0 saturated heterocycles. The molecule has 0 aliphatic rings. The number of halogens is 4. The number of hydrogen-bond acceptors (Lipinski definition) is 7. The van der Waals surface area contributed by atoms with E-state index < -0.39 is 48.0 Å². The molecule has 0 amide bonds. The van der Waals surface area contributed by atoms with E-state index in [1.807, 2.05) is 60.7 Å². The van der Waals surface area contributed by atoms with Crippen molar-refractivity contribution in [3.8, 4) is 0 Å². The summed E-state index contributed by atoms with van der Waals surface area (Å²) in [6.07, 6.45) is -4.54. The van der Waals surface area contributed by atoms with Crippen molar-refractivity contribution in [2.45, 2.75) is 11.1 Å². The Bertz CT molecular complexity index is 2340. The molecule has 0 radical (unpaired) electrons. The van der Waals surface area contributed by atoms with E-state index in [0.29, 0.717) is 68.1 Å². The van der Waals surface area contributed by atoms with Crippen molar-refractivity contribution in [2.75, 3.05) is 0 Å². The molecule has 0 fully saturated rings. The summed E-state index contributed by atoms with van der Waals surface area (Å²) in [5.41, 5.74) is 1.32. The Balaban J connectivity index is 0.000000216. The zero-order chi connectivity index (χ0) is 31.9. The van der Waals surface area contributed by atoms with E-state index in [-0.39, 0.29) is 10.9 Å². The number of para-hydroxylation sites is 2. The van der Waals surface area contributed by atoms with Crippen LogP contribution in [0.15, 0.2) is 133 Å². The summed E-state index contributed by atoms with van der Waals surface area (Å²) in [6.45, 7) is 0. The van der Waals surface area contributed by atoms with Crippen LogP contribution in [0.1, 0.15) is 5.56 Å². The standard InChI is InChI=1S/C26H14IO4.C7H5F3O3S/c28-25-17-5-1-3-7-21(17)30-23-11-9-15(13-19(23)25)27-16-10-12-24-20(14-16)26(29)18-6-2-4-8-22(18)31-24;8-7(9,10)5-1-3-6(4-2-5)14(11,12)13/h1-14H;1-4H,(H,11,12,13)/q+1;/p-1. The van der Waals surface area contributed by atoms with Gasteiger partial charge in [-0.05, 0) is 72.8 Å². The molecule has 0 bridgehead atoms. The van der Waals surface area contributed by atoms with Crippen LogP contribution in [0.5, 0.6) is 0 Å². The Morgan fingerprint density at radius 3 is 1.42 bits per heavy atom. The Morgan fingerprint density at radius 1 is 0.578 bits per heavy atom. The van der Waals surface area contributed by atoms with Gasteiger partial charge in [0.15, 0.2) is 7.14 Å². The smallest absolute Gasteiger partial charge is 0.416 e. The van der Waals surface area contributed by atoms with Crippen molar-refractivity contribution in [3.63, 3.8) is 0 Å². The zero-order valence-electron chi connectivity index (χ0n) is 22.7. The molecule has 2 aromatic heterocycles. The molecule has 7 aromatic rings. The number of fused-ring (bicyclic) bond motifs is 4. The van der Waals surface area contributed by atoms with E-state index in [0.717, 1.165) is 7.14 Å². The lowest BCUT2D eigenvalue weighted by molar-refractivity contribution is -0.597. The van der Waals surface area contributed by atoms with Crippen molar-refractivity contribution < 1.29 is 56.2 Å². The van der Waals surface area contributed by atoms with E-state index in [2.05, 4.69) is 0 Å². The Hall–Kier alpha value is -4.53. The quantitative estimate of drug-likeness (QED) is 0.153. The van der Waals surface area contributed by atoms with E-state index in [1.165, 1.54) is 0 Å². The van der Waals surface area contributed by atoms with E-state index in [4.69, 9.17) is 8.83 Å². The minimum absolute atomic E-state index is 0.0201. The van der Waals surface area contributed by atoms with Gasteiger partial charge in [0.2, 0.25) is 10.9 Å². The average Bonchev–Trinajstić information content (AvgIpc) is 3.02. The summed E-state index contributed by atoms with van der Waals surface area (Å²) < 4.78 is 81.0. The van der Waals surface area contributed by atoms with Gasteiger partial charge in [-0.15, -0.1) is 0 Å². The molecule has 0 aliphatic heterocycles. The van der Waals surface area contributed by atoms with Crippen LogP contribution in [-0.2, 0) is 16.3 Å². The minimum atomic E-state index is -4.68. The highest BCUT2D eigenvalue weighted by Gasteiger charge is 2.30. The Labute approximate surface area is 262 Å². The SMILES string of the molecule is O=S(=O)([O-])c1ccc(C(F)(F)F)cc1.O=c1c2ccccc2oc2ccc([I+]c3ccc4oc5ccccc5c(=O)c4c3)cc12. The molecule has 7 nitrogen and oxygen atoms in total. The first-order valence-electron chi connectivity index (χ1n) is 13.1. The summed E-state index contributed by atoms with van der Waals surface area (Å²) in [5.74, 6) is 0. The van der Waals surface area contributed by atoms with Gasteiger partial charge in [0.1, 0.15) is 32.5 Å². The minimum Gasteiger partial charge on any atom is -0.744 e. The van der Waals surface area contributed by atoms with Gasteiger partial charge >= 0.3 is 27.4 Å². The predicted octanol–water partition coefficient (Wildman–Crippen LogP) is 3.94. The van der Waals surface area contributed by atoms with Crippen molar-refractivity contribution >= 4 is 54.0 Å². The van der Waals surface area contributed by atoms with E-state index in [1.54, 1.807) is 24.3 Å². The van der Waals surface area contributed by atoms with Gasteiger partial charge < -0.3 is 13.4 Å². The van der Waals surface area contributed by atoms with Crippen LogP contribution in [0, 0.1) is 7.14 Å². The molecule has 0 unspecified atom stereocenters. The third-order valence-corrected chi connectivity index (χ3v) is 10.2. The lowest BCUT2D eigenvalue weighted by Crippen LogP contribution is -3.61. The van der Waals surface area contributed by atoms with Crippen molar-refractivity contribution in [1.82, 2.24) is 0 Å². The lowest BCUT2D eigenvalue weighted by Gasteiger charge is -2.09. The molecule has 45 heavy (non-hydrogen) atoms. The van der Waals surface area contributed by atoms with Gasteiger partial charge in [0, 0.05) is 12.1 Å². The van der Waals surface area contributed by atoms with Gasteiger partial charge in [-0.3, -0.25) is 9.59 Å². The van der Waals surface area contributed by atoms with Gasteiger partial charge in [-0.1, -0.05) is 24.3 Å². The molecule has 0 atom stereocenters. The fourth-order valence-electron chi connectivity index (χ4n) is 4.60. The summed E-state index contributed by atoms with van der Waals surface area (Å²) in [7, 11) is -4.68. The largest absolute Gasteiger partial charge is 0.744 e. The fraction of sp³-hybridized carbons (Fsp3) is 0.0303. The first-order chi connectivity index (χ1) is 21.4. The van der Waals surface area contributed by atoms with Gasteiger partial charge in [0.05, 0.1) is 32.0 Å². The van der Waals surface area contributed by atoms with Gasteiger partial charge in [0.25, 0.3) is 0 Å². The summed E-state index contributed by atoms with van der Waals surface area (Å²) >= 11 is -0.596. The first kappa shape index (κ1) is 30.5. The highest BCUT2D eigenvalue weighted by atomic mass is 127. The number of hydrogen-bond donors (Lipinski definition) is 0. The molecule has 0 saturated carbocycles. The second-order valence-corrected chi connectivity index (χ2v) is 14.1. The van der Waals surface area contributed by atoms with Crippen LogP contribution >= 0.6 is 0 Å². The lowest BCUT2D eigenvalue weighted by atomic mass is 10.1. The molecule has 5 aromatic carbocycles. The zero-order valence-corrected chi connectivity index (χ0v) is 25.6. The maximum Gasteiger partial charge on any atom is 0.416 e. The molecule has 7 rings (SSSR count). The molecule has 2 heterocycles. The molecule has 0 N–H and O–H groups in total. The Kier molecular flexibility index (Phi) is 7.97. The van der Waals surface area contributed by atoms with Crippen molar-refractivity contribution in [3.05, 3.63) is 142 Å². The van der Waals surface area contributed by atoms with Crippen molar-refractivity contribution in [1.29, 1.82) is 0 Å². The normalized spacial score (nSPS) is 12.0. The molecular formula is C33H18F3IO7S. The topological polar surface area (TPSA) is 118 Å². The third-order valence-electron chi connectivity index (χ3n) is 6.76. The maximum absolute atomic E-state index is 12.9.